The molecule has 0 amide bonds. The zero-order valence-electron chi connectivity index (χ0n) is 15.0. The van der Waals surface area contributed by atoms with E-state index in [0.29, 0.717) is 0 Å². The maximum absolute atomic E-state index is 4.78. The van der Waals surface area contributed by atoms with Crippen LogP contribution < -0.4 is 0 Å². The minimum atomic E-state index is 0.750. The summed E-state index contributed by atoms with van der Waals surface area (Å²) in [7, 11) is 2.09. The van der Waals surface area contributed by atoms with Crippen LogP contribution in [-0.2, 0) is 13.1 Å². The normalized spacial score (nSPS) is 11.3. The lowest BCUT2D eigenvalue weighted by Gasteiger charge is -2.16. The van der Waals surface area contributed by atoms with Gasteiger partial charge in [-0.05, 0) is 38.2 Å². The average Bonchev–Trinajstić information content (AvgIpc) is 3.11. The van der Waals surface area contributed by atoms with Crippen molar-refractivity contribution in [3.63, 3.8) is 0 Å². The molecule has 0 atom stereocenters. The standard InChI is InChI=1S/C21H21N5/c1-16-21(24-20-11-7-6-10-19(20)23-16)15-25(2)13-17-12-22-26(14-17)18-8-4-3-5-9-18/h3-12,14H,13,15H2,1-2H3. The van der Waals surface area contributed by atoms with E-state index in [-0.39, 0.29) is 0 Å². The van der Waals surface area contributed by atoms with Gasteiger partial charge in [-0.3, -0.25) is 4.90 Å². The van der Waals surface area contributed by atoms with E-state index >= 15 is 0 Å². The molecule has 2 aromatic carbocycles. The molecule has 0 saturated carbocycles. The molecule has 0 bridgehead atoms. The maximum atomic E-state index is 4.78. The van der Waals surface area contributed by atoms with Crippen LogP contribution in [0.4, 0.5) is 0 Å². The third-order valence-electron chi connectivity index (χ3n) is 4.37. The molecule has 5 heteroatoms. The SMILES string of the molecule is Cc1nc2ccccc2nc1CN(C)Cc1cnn(-c2ccccc2)c1. The highest BCUT2D eigenvalue weighted by Gasteiger charge is 2.10. The average molecular weight is 343 g/mol. The van der Waals surface area contributed by atoms with Crippen LogP contribution in [0.25, 0.3) is 16.7 Å². The molecular weight excluding hydrogens is 322 g/mol. The second-order valence-electron chi connectivity index (χ2n) is 6.55. The van der Waals surface area contributed by atoms with Gasteiger partial charge in [0.1, 0.15) is 0 Å². The fourth-order valence-electron chi connectivity index (χ4n) is 3.06. The fourth-order valence-corrected chi connectivity index (χ4v) is 3.06. The zero-order chi connectivity index (χ0) is 17.9. The number of rotatable bonds is 5. The summed E-state index contributed by atoms with van der Waals surface area (Å²) < 4.78 is 1.91. The van der Waals surface area contributed by atoms with E-state index in [1.54, 1.807) is 0 Å². The van der Waals surface area contributed by atoms with Crippen molar-refractivity contribution in [3.05, 3.63) is 83.9 Å². The summed E-state index contributed by atoms with van der Waals surface area (Å²) in [5.41, 5.74) is 6.12. The first-order chi connectivity index (χ1) is 12.7. The predicted molar refractivity (Wildman–Crippen MR) is 103 cm³/mol. The van der Waals surface area contributed by atoms with E-state index in [4.69, 9.17) is 4.98 Å². The van der Waals surface area contributed by atoms with Crippen LogP contribution in [0, 0.1) is 6.92 Å². The van der Waals surface area contributed by atoms with Gasteiger partial charge in [-0.1, -0.05) is 30.3 Å². The molecule has 0 aliphatic rings. The number of hydrogen-bond donors (Lipinski definition) is 0. The minimum Gasteiger partial charge on any atom is -0.296 e. The molecule has 0 aliphatic carbocycles. The Bertz CT molecular complexity index is 1020. The molecule has 2 aromatic heterocycles. The molecule has 0 N–H and O–H groups in total. The number of aromatic nitrogens is 4. The van der Waals surface area contributed by atoms with Crippen LogP contribution in [0.3, 0.4) is 0 Å². The number of aryl methyl sites for hydroxylation is 1. The van der Waals surface area contributed by atoms with Gasteiger partial charge in [0.15, 0.2) is 0 Å². The number of benzene rings is 2. The highest BCUT2D eigenvalue weighted by molar-refractivity contribution is 5.74. The van der Waals surface area contributed by atoms with Gasteiger partial charge in [-0.2, -0.15) is 5.10 Å². The van der Waals surface area contributed by atoms with Crippen LogP contribution in [0.5, 0.6) is 0 Å². The topological polar surface area (TPSA) is 46.8 Å². The molecule has 130 valence electrons. The smallest absolute Gasteiger partial charge is 0.0890 e. The largest absolute Gasteiger partial charge is 0.296 e. The van der Waals surface area contributed by atoms with Crippen LogP contribution in [0.1, 0.15) is 17.0 Å². The molecule has 4 aromatic rings. The summed E-state index contributed by atoms with van der Waals surface area (Å²) >= 11 is 0. The van der Waals surface area contributed by atoms with E-state index in [1.165, 1.54) is 5.56 Å². The van der Waals surface area contributed by atoms with E-state index in [9.17, 15) is 0 Å². The summed E-state index contributed by atoms with van der Waals surface area (Å²) in [4.78, 5) is 11.7. The molecule has 4 rings (SSSR count). The van der Waals surface area contributed by atoms with Gasteiger partial charge < -0.3 is 0 Å². The van der Waals surface area contributed by atoms with Crippen molar-refractivity contribution < 1.29 is 0 Å². The number of nitrogens with zero attached hydrogens (tertiary/aromatic N) is 5. The lowest BCUT2D eigenvalue weighted by Crippen LogP contribution is -2.19. The molecule has 26 heavy (non-hydrogen) atoms. The second-order valence-corrected chi connectivity index (χ2v) is 6.55. The van der Waals surface area contributed by atoms with E-state index in [2.05, 4.69) is 40.4 Å². The first-order valence-electron chi connectivity index (χ1n) is 8.69. The van der Waals surface area contributed by atoms with Crippen LogP contribution >= 0.6 is 0 Å². The zero-order valence-corrected chi connectivity index (χ0v) is 15.0. The van der Waals surface area contributed by atoms with Crippen molar-refractivity contribution in [1.82, 2.24) is 24.6 Å². The quantitative estimate of drug-likeness (QED) is 0.554. The highest BCUT2D eigenvalue weighted by atomic mass is 15.3. The summed E-state index contributed by atoms with van der Waals surface area (Å²) in [5.74, 6) is 0. The highest BCUT2D eigenvalue weighted by Crippen LogP contribution is 2.15. The van der Waals surface area contributed by atoms with Crippen LogP contribution in [0.2, 0.25) is 0 Å². The van der Waals surface area contributed by atoms with Gasteiger partial charge in [0.05, 0.1) is 34.3 Å². The van der Waals surface area contributed by atoms with Gasteiger partial charge in [0, 0.05) is 24.8 Å². The first kappa shape index (κ1) is 16.4. The van der Waals surface area contributed by atoms with Gasteiger partial charge >= 0.3 is 0 Å². The fraction of sp³-hybridized carbons (Fsp3) is 0.190. The maximum Gasteiger partial charge on any atom is 0.0890 e. The Morgan fingerprint density at radius 2 is 1.58 bits per heavy atom. The third-order valence-corrected chi connectivity index (χ3v) is 4.37. The first-order valence-corrected chi connectivity index (χ1v) is 8.69. The molecule has 0 aliphatic heterocycles. The Kier molecular flexibility index (Phi) is 4.46. The Hall–Kier alpha value is -3.05. The molecule has 0 spiro atoms. The molecule has 0 saturated heterocycles. The summed E-state index contributed by atoms with van der Waals surface area (Å²) in [6.07, 6.45) is 3.99. The van der Waals surface area contributed by atoms with E-state index < -0.39 is 0 Å². The molecule has 0 unspecified atom stereocenters. The van der Waals surface area contributed by atoms with Crippen molar-refractivity contribution in [2.45, 2.75) is 20.0 Å². The minimum absolute atomic E-state index is 0.750. The van der Waals surface area contributed by atoms with E-state index in [1.807, 2.05) is 60.3 Å². The number of fused-ring (bicyclic) bond motifs is 1. The van der Waals surface area contributed by atoms with Crippen LogP contribution in [-0.4, -0.2) is 31.7 Å². The number of hydrogen-bond acceptors (Lipinski definition) is 4. The molecule has 0 radical (unpaired) electrons. The second kappa shape index (κ2) is 7.06. The van der Waals surface area contributed by atoms with Crippen molar-refractivity contribution in [2.24, 2.45) is 0 Å². The third kappa shape index (κ3) is 3.48. The molecule has 0 fully saturated rings. The summed E-state index contributed by atoms with van der Waals surface area (Å²) in [6.45, 7) is 3.58. The van der Waals surface area contributed by atoms with Gasteiger partial charge in [-0.15, -0.1) is 0 Å². The van der Waals surface area contributed by atoms with Crippen molar-refractivity contribution in [2.75, 3.05) is 7.05 Å². The lowest BCUT2D eigenvalue weighted by molar-refractivity contribution is 0.314. The molecule has 5 nitrogen and oxygen atoms in total. The Balaban J connectivity index is 1.48. The van der Waals surface area contributed by atoms with E-state index in [0.717, 1.165) is 41.2 Å². The Morgan fingerprint density at radius 1 is 0.885 bits per heavy atom. The summed E-state index contributed by atoms with van der Waals surface area (Å²) in [6, 6.07) is 18.1. The lowest BCUT2D eigenvalue weighted by atomic mass is 10.2. The van der Waals surface area contributed by atoms with Gasteiger partial charge in [0.2, 0.25) is 0 Å². The molecule has 2 heterocycles. The summed E-state index contributed by atoms with van der Waals surface area (Å²) in [5, 5.41) is 4.47. The van der Waals surface area contributed by atoms with Crippen molar-refractivity contribution >= 4 is 11.0 Å². The van der Waals surface area contributed by atoms with Gasteiger partial charge in [-0.25, -0.2) is 14.6 Å². The molecular formula is C21H21N5. The Morgan fingerprint density at radius 3 is 2.35 bits per heavy atom. The number of para-hydroxylation sites is 3. The Labute approximate surface area is 152 Å². The van der Waals surface area contributed by atoms with Crippen molar-refractivity contribution in [1.29, 1.82) is 0 Å². The van der Waals surface area contributed by atoms with Crippen LogP contribution in [0.15, 0.2) is 67.0 Å². The van der Waals surface area contributed by atoms with Crippen molar-refractivity contribution in [3.8, 4) is 5.69 Å². The monoisotopic (exact) mass is 343 g/mol. The van der Waals surface area contributed by atoms with Gasteiger partial charge in [0.25, 0.3) is 0 Å². The predicted octanol–water partition coefficient (Wildman–Crippen LogP) is 3.76.